The number of nitrogens with one attached hydrogen (secondary N) is 1. The number of nitrogens with zero attached hydrogens (tertiary/aromatic N) is 2. The van der Waals surface area contributed by atoms with Crippen molar-refractivity contribution in [2.45, 2.75) is 38.9 Å². The van der Waals surface area contributed by atoms with Gasteiger partial charge in [0.15, 0.2) is 0 Å². The molecule has 1 heterocycles. The van der Waals surface area contributed by atoms with Crippen LogP contribution in [0.15, 0.2) is 79.1 Å². The number of pyridine rings is 1. The van der Waals surface area contributed by atoms with Crippen LogP contribution in [0.25, 0.3) is 0 Å². The summed E-state index contributed by atoms with van der Waals surface area (Å²) in [6, 6.07) is 20.5. The van der Waals surface area contributed by atoms with Gasteiger partial charge in [-0.05, 0) is 54.3 Å². The van der Waals surface area contributed by atoms with E-state index in [1.807, 2.05) is 66.7 Å². The van der Waals surface area contributed by atoms with Crippen LogP contribution in [0, 0.1) is 0 Å². The zero-order valence-corrected chi connectivity index (χ0v) is 18.5. The molecule has 6 heteroatoms. The Morgan fingerprint density at radius 2 is 1.62 bits per heavy atom. The average Bonchev–Trinajstić information content (AvgIpc) is 2.85. The van der Waals surface area contributed by atoms with Crippen molar-refractivity contribution in [3.8, 4) is 5.75 Å². The molecule has 32 heavy (non-hydrogen) atoms. The van der Waals surface area contributed by atoms with E-state index in [0.29, 0.717) is 25.9 Å². The number of aryl methyl sites for hydroxylation is 1. The molecule has 166 valence electrons. The van der Waals surface area contributed by atoms with Crippen molar-refractivity contribution in [2.75, 3.05) is 7.11 Å². The van der Waals surface area contributed by atoms with Gasteiger partial charge >= 0.3 is 0 Å². The molecule has 3 aromatic rings. The summed E-state index contributed by atoms with van der Waals surface area (Å²) in [5, 5.41) is 2.93. The second kappa shape index (κ2) is 11.6. The highest BCUT2D eigenvalue weighted by atomic mass is 16.5. The van der Waals surface area contributed by atoms with Crippen molar-refractivity contribution in [3.05, 3.63) is 95.8 Å². The Labute approximate surface area is 189 Å². The molecule has 0 fully saturated rings. The summed E-state index contributed by atoms with van der Waals surface area (Å²) in [5.41, 5.74) is 2.99. The van der Waals surface area contributed by atoms with Gasteiger partial charge in [-0.3, -0.25) is 14.6 Å². The Kier molecular flexibility index (Phi) is 8.37. The van der Waals surface area contributed by atoms with Crippen molar-refractivity contribution in [1.82, 2.24) is 15.2 Å². The summed E-state index contributed by atoms with van der Waals surface area (Å²) in [5.74, 6) is 0.499. The van der Waals surface area contributed by atoms with Crippen LogP contribution >= 0.6 is 0 Å². The number of hydrogen-bond acceptors (Lipinski definition) is 4. The molecule has 0 saturated carbocycles. The van der Waals surface area contributed by atoms with E-state index in [1.54, 1.807) is 31.3 Å². The Bertz CT molecular complexity index is 992. The summed E-state index contributed by atoms with van der Waals surface area (Å²) in [6.45, 7) is 2.51. The van der Waals surface area contributed by atoms with E-state index in [0.717, 1.165) is 22.4 Å². The van der Waals surface area contributed by atoms with Crippen LogP contribution in [-0.4, -0.2) is 34.8 Å². The van der Waals surface area contributed by atoms with Crippen LogP contribution in [-0.2, 0) is 29.1 Å². The third-order valence-corrected chi connectivity index (χ3v) is 5.37. The molecule has 0 spiro atoms. The van der Waals surface area contributed by atoms with Gasteiger partial charge in [0.2, 0.25) is 11.8 Å². The first-order chi connectivity index (χ1) is 15.6. The summed E-state index contributed by atoms with van der Waals surface area (Å²) in [7, 11) is 1.61. The fourth-order valence-corrected chi connectivity index (χ4v) is 3.39. The molecule has 1 N–H and O–H groups in total. The third-order valence-electron chi connectivity index (χ3n) is 5.37. The number of ether oxygens (including phenoxy) is 1. The lowest BCUT2D eigenvalue weighted by molar-refractivity contribution is -0.140. The van der Waals surface area contributed by atoms with Crippen LogP contribution in [0.4, 0.5) is 0 Å². The summed E-state index contributed by atoms with van der Waals surface area (Å²) in [6.07, 6.45) is 4.34. The summed E-state index contributed by atoms with van der Waals surface area (Å²) < 4.78 is 5.22. The maximum Gasteiger partial charge on any atom is 0.242 e. The standard InChI is InChI=1S/C26H29N3O3/c1-20(26(31)28-18-22-14-16-27-17-15-22)29(19-23-8-11-24(32-2)12-9-23)25(30)13-10-21-6-4-3-5-7-21/h3-9,11-12,14-17,20H,10,13,18-19H2,1-2H3,(H,28,31). The number of carbonyl (C=O) groups excluding carboxylic acids is 2. The molecule has 1 unspecified atom stereocenters. The maximum absolute atomic E-state index is 13.2. The first-order valence-corrected chi connectivity index (χ1v) is 10.7. The lowest BCUT2D eigenvalue weighted by Crippen LogP contribution is -2.47. The first kappa shape index (κ1) is 23.0. The third kappa shape index (κ3) is 6.67. The highest BCUT2D eigenvalue weighted by Gasteiger charge is 2.25. The van der Waals surface area contributed by atoms with E-state index in [9.17, 15) is 9.59 Å². The molecule has 3 rings (SSSR count). The molecule has 2 aromatic carbocycles. The molecule has 0 aliphatic heterocycles. The number of aromatic nitrogens is 1. The van der Waals surface area contributed by atoms with Crippen LogP contribution < -0.4 is 10.1 Å². The molecule has 1 atom stereocenters. The number of methoxy groups -OCH3 is 1. The minimum Gasteiger partial charge on any atom is -0.497 e. The maximum atomic E-state index is 13.2. The number of carbonyl (C=O) groups is 2. The van der Waals surface area contributed by atoms with Gasteiger partial charge in [0.1, 0.15) is 11.8 Å². The van der Waals surface area contributed by atoms with Crippen molar-refractivity contribution >= 4 is 11.8 Å². The van der Waals surface area contributed by atoms with Crippen LogP contribution in [0.1, 0.15) is 30.0 Å². The fourth-order valence-electron chi connectivity index (χ4n) is 3.39. The molecule has 0 radical (unpaired) electrons. The van der Waals surface area contributed by atoms with Gasteiger partial charge in [0.05, 0.1) is 7.11 Å². The van der Waals surface area contributed by atoms with Gasteiger partial charge in [0.25, 0.3) is 0 Å². The van der Waals surface area contributed by atoms with E-state index >= 15 is 0 Å². The van der Waals surface area contributed by atoms with E-state index in [4.69, 9.17) is 4.74 Å². The largest absolute Gasteiger partial charge is 0.497 e. The molecule has 1 aromatic heterocycles. The normalized spacial score (nSPS) is 11.4. The Hall–Kier alpha value is -3.67. The Morgan fingerprint density at radius 1 is 0.938 bits per heavy atom. The van der Waals surface area contributed by atoms with E-state index in [1.165, 1.54) is 0 Å². The van der Waals surface area contributed by atoms with Crippen LogP contribution in [0.5, 0.6) is 5.75 Å². The molecule has 2 amide bonds. The lowest BCUT2D eigenvalue weighted by Gasteiger charge is -2.29. The van der Waals surface area contributed by atoms with E-state index in [2.05, 4.69) is 10.3 Å². The van der Waals surface area contributed by atoms with Gasteiger partial charge in [-0.2, -0.15) is 0 Å². The number of benzene rings is 2. The monoisotopic (exact) mass is 431 g/mol. The van der Waals surface area contributed by atoms with Crippen LogP contribution in [0.2, 0.25) is 0 Å². The molecule has 0 saturated heterocycles. The second-order valence-electron chi connectivity index (χ2n) is 7.60. The molecular weight excluding hydrogens is 402 g/mol. The summed E-state index contributed by atoms with van der Waals surface area (Å²) >= 11 is 0. The first-order valence-electron chi connectivity index (χ1n) is 10.7. The molecular formula is C26H29N3O3. The highest BCUT2D eigenvalue weighted by Crippen LogP contribution is 2.16. The number of amides is 2. The molecule has 0 aliphatic carbocycles. The predicted molar refractivity (Wildman–Crippen MR) is 124 cm³/mol. The minimum atomic E-state index is -0.609. The van der Waals surface area contributed by atoms with Crippen molar-refractivity contribution in [3.63, 3.8) is 0 Å². The van der Waals surface area contributed by atoms with Crippen molar-refractivity contribution in [2.24, 2.45) is 0 Å². The average molecular weight is 432 g/mol. The van der Waals surface area contributed by atoms with Gasteiger partial charge in [0, 0.05) is 31.9 Å². The number of rotatable bonds is 10. The van der Waals surface area contributed by atoms with Gasteiger partial charge < -0.3 is 15.0 Å². The molecule has 0 aliphatic rings. The quantitative estimate of drug-likeness (QED) is 0.531. The van der Waals surface area contributed by atoms with Crippen molar-refractivity contribution in [1.29, 1.82) is 0 Å². The predicted octanol–water partition coefficient (Wildman–Crippen LogP) is 3.76. The van der Waals surface area contributed by atoms with Gasteiger partial charge in [-0.15, -0.1) is 0 Å². The second-order valence-corrected chi connectivity index (χ2v) is 7.60. The fraction of sp³-hybridized carbons (Fsp3) is 0.269. The zero-order chi connectivity index (χ0) is 22.8. The van der Waals surface area contributed by atoms with Gasteiger partial charge in [-0.1, -0.05) is 42.5 Å². The topological polar surface area (TPSA) is 71.5 Å². The Balaban J connectivity index is 1.69. The zero-order valence-electron chi connectivity index (χ0n) is 18.5. The Morgan fingerprint density at radius 3 is 2.28 bits per heavy atom. The minimum absolute atomic E-state index is 0.0590. The van der Waals surface area contributed by atoms with Crippen molar-refractivity contribution < 1.29 is 14.3 Å². The number of hydrogen-bond donors (Lipinski definition) is 1. The summed E-state index contributed by atoms with van der Waals surface area (Å²) in [4.78, 5) is 31.7. The molecule has 0 bridgehead atoms. The lowest BCUT2D eigenvalue weighted by atomic mass is 10.1. The SMILES string of the molecule is COc1ccc(CN(C(=O)CCc2ccccc2)C(C)C(=O)NCc2ccncc2)cc1. The molecule has 6 nitrogen and oxygen atoms in total. The smallest absolute Gasteiger partial charge is 0.242 e. The van der Waals surface area contributed by atoms with E-state index in [-0.39, 0.29) is 11.8 Å². The van der Waals surface area contributed by atoms with E-state index < -0.39 is 6.04 Å². The van der Waals surface area contributed by atoms with Gasteiger partial charge in [-0.25, -0.2) is 0 Å². The highest BCUT2D eigenvalue weighted by molar-refractivity contribution is 5.87. The van der Waals surface area contributed by atoms with Crippen LogP contribution in [0.3, 0.4) is 0 Å².